The van der Waals surface area contributed by atoms with Crippen molar-refractivity contribution in [2.24, 2.45) is 5.92 Å². The van der Waals surface area contributed by atoms with Crippen molar-refractivity contribution in [2.45, 2.75) is 39.2 Å². The molecule has 1 atom stereocenters. The lowest BCUT2D eigenvalue weighted by Gasteiger charge is -2.45. The third kappa shape index (κ3) is 4.13. The third-order valence-electron chi connectivity index (χ3n) is 7.59. The Morgan fingerprint density at radius 1 is 1.03 bits per heavy atom. The fourth-order valence-corrected chi connectivity index (χ4v) is 5.74. The van der Waals surface area contributed by atoms with Crippen LogP contribution in [0.5, 0.6) is 6.01 Å². The summed E-state index contributed by atoms with van der Waals surface area (Å²) in [6.07, 6.45) is 2.38. The fourth-order valence-electron chi connectivity index (χ4n) is 5.74. The van der Waals surface area contributed by atoms with E-state index in [1.165, 1.54) is 25.0 Å². The van der Waals surface area contributed by atoms with Crippen LogP contribution in [0.4, 0.5) is 8.78 Å². The Balaban J connectivity index is 1.42. The number of halogens is 2. The van der Waals surface area contributed by atoms with Gasteiger partial charge in [-0.05, 0) is 75.4 Å². The maximum Gasteiger partial charge on any atom is 0.318 e. The van der Waals surface area contributed by atoms with Gasteiger partial charge in [-0.15, -0.1) is 0 Å². The Morgan fingerprint density at radius 2 is 1.86 bits per heavy atom. The highest BCUT2D eigenvalue weighted by Gasteiger charge is 2.35. The van der Waals surface area contributed by atoms with Gasteiger partial charge in [0, 0.05) is 17.7 Å². The minimum absolute atomic E-state index is 0.205. The summed E-state index contributed by atoms with van der Waals surface area (Å²) >= 11 is 0. The summed E-state index contributed by atoms with van der Waals surface area (Å²) in [7, 11) is 0. The number of hydrogen-bond acceptors (Lipinski definition) is 5. The van der Waals surface area contributed by atoms with Crippen molar-refractivity contribution in [1.29, 1.82) is 0 Å². The highest BCUT2D eigenvalue weighted by atomic mass is 19.1. The molecular weight excluding hydrogens is 460 g/mol. The summed E-state index contributed by atoms with van der Waals surface area (Å²) < 4.78 is 37.1. The second-order valence-electron chi connectivity index (χ2n) is 9.82. The molecule has 6 nitrogen and oxygen atoms in total. The molecule has 3 saturated heterocycles. The van der Waals surface area contributed by atoms with Crippen LogP contribution in [0.15, 0.2) is 42.5 Å². The number of ether oxygens (including phenoxy) is 1. The zero-order valence-electron chi connectivity index (χ0n) is 20.5. The second kappa shape index (κ2) is 9.24. The van der Waals surface area contributed by atoms with Crippen LogP contribution in [0, 0.1) is 24.5 Å². The molecule has 2 aromatic carbocycles. The number of benzene rings is 2. The van der Waals surface area contributed by atoms with Gasteiger partial charge in [-0.1, -0.05) is 24.3 Å². The Hall–Kier alpha value is -3.39. The van der Waals surface area contributed by atoms with Gasteiger partial charge < -0.3 is 14.2 Å². The lowest BCUT2D eigenvalue weighted by atomic mass is 9.75. The lowest BCUT2D eigenvalue weighted by molar-refractivity contribution is 0.0870. The van der Waals surface area contributed by atoms with Crippen LogP contribution in [-0.4, -0.2) is 50.7 Å². The van der Waals surface area contributed by atoms with Gasteiger partial charge in [0.25, 0.3) is 0 Å². The van der Waals surface area contributed by atoms with Crippen molar-refractivity contribution in [3.05, 3.63) is 70.9 Å². The van der Waals surface area contributed by atoms with Crippen molar-refractivity contribution in [3.63, 3.8) is 0 Å². The maximum absolute atomic E-state index is 15.6. The van der Waals surface area contributed by atoms with E-state index in [0.29, 0.717) is 52.3 Å². The zero-order valence-corrected chi connectivity index (χ0v) is 20.5. The van der Waals surface area contributed by atoms with E-state index in [2.05, 4.69) is 20.9 Å². The summed E-state index contributed by atoms with van der Waals surface area (Å²) in [5, 5.41) is 0. The Bertz CT molecular complexity index is 1430. The van der Waals surface area contributed by atoms with E-state index in [1.54, 1.807) is 18.2 Å². The predicted molar refractivity (Wildman–Crippen MR) is 134 cm³/mol. The van der Waals surface area contributed by atoms with Gasteiger partial charge in [-0.25, -0.2) is 13.8 Å². The number of nitrogens with zero attached hydrogens (tertiary/aromatic N) is 5. The highest BCUT2D eigenvalue weighted by Crippen LogP contribution is 2.39. The average molecular weight is 490 g/mol. The zero-order chi connectivity index (χ0) is 24.8. The number of imidazole rings is 1. The number of aryl methyl sites for hydroxylation is 1. The number of aromatic nitrogens is 4. The molecule has 3 aliphatic heterocycles. The molecule has 4 aromatic rings. The van der Waals surface area contributed by atoms with Crippen LogP contribution in [0.3, 0.4) is 0 Å². The van der Waals surface area contributed by atoms with Crippen molar-refractivity contribution >= 4 is 11.2 Å². The number of hydrogen-bond donors (Lipinski definition) is 0. The first-order chi connectivity index (χ1) is 17.5. The van der Waals surface area contributed by atoms with E-state index in [1.807, 2.05) is 24.5 Å². The van der Waals surface area contributed by atoms with Crippen LogP contribution in [0.25, 0.3) is 22.6 Å². The molecule has 8 heteroatoms. The summed E-state index contributed by atoms with van der Waals surface area (Å²) in [4.78, 5) is 16.2. The Kier molecular flexibility index (Phi) is 5.91. The molecule has 1 unspecified atom stereocenters. The van der Waals surface area contributed by atoms with E-state index in [9.17, 15) is 4.39 Å². The summed E-state index contributed by atoms with van der Waals surface area (Å²) in [5.41, 5.74) is 3.97. The summed E-state index contributed by atoms with van der Waals surface area (Å²) in [6, 6.07) is 12.1. The van der Waals surface area contributed by atoms with Crippen LogP contribution < -0.4 is 4.74 Å². The van der Waals surface area contributed by atoms with Crippen LogP contribution in [0.1, 0.15) is 42.5 Å². The van der Waals surface area contributed by atoms with Crippen molar-refractivity contribution in [2.75, 3.05) is 26.2 Å². The molecule has 0 N–H and O–H groups in total. The topological polar surface area (TPSA) is 56.1 Å². The number of piperidine rings is 3. The maximum atomic E-state index is 15.6. The van der Waals surface area contributed by atoms with E-state index in [-0.39, 0.29) is 24.2 Å². The molecule has 2 aromatic heterocycles. The quantitative estimate of drug-likeness (QED) is 0.366. The Morgan fingerprint density at radius 3 is 2.56 bits per heavy atom. The highest BCUT2D eigenvalue weighted by molar-refractivity contribution is 5.79. The lowest BCUT2D eigenvalue weighted by Crippen LogP contribution is -2.46. The second-order valence-corrected chi connectivity index (χ2v) is 9.82. The summed E-state index contributed by atoms with van der Waals surface area (Å²) in [6.45, 7) is 7.65. The molecule has 0 aliphatic carbocycles. The van der Waals surface area contributed by atoms with E-state index in [4.69, 9.17) is 9.72 Å². The molecule has 5 heterocycles. The molecule has 7 rings (SSSR count). The molecule has 0 saturated carbocycles. The van der Waals surface area contributed by atoms with Crippen molar-refractivity contribution in [3.8, 4) is 17.4 Å². The van der Waals surface area contributed by atoms with Gasteiger partial charge in [0.2, 0.25) is 0 Å². The predicted octanol–water partition coefficient (Wildman–Crippen LogP) is 5.34. The number of fused-ring (bicyclic) bond motifs is 4. The standard InChI is InChI=1S/C28H29F2N5O/c1-3-36-28-31-17(2)25-27(33-28)35(26(32-25)20-5-4-6-22(29)13-20)15-21-8-7-19(14-24(21)30)23-16-34-11-9-18(23)10-12-34/h4-8,13-14,18,23H,3,9-12,15-16H2,1-2H3. The fraction of sp³-hybridized carbons (Fsp3) is 0.393. The minimum atomic E-state index is -0.364. The molecule has 36 heavy (non-hydrogen) atoms. The third-order valence-corrected chi connectivity index (χ3v) is 7.59. The first kappa shape index (κ1) is 23.0. The smallest absolute Gasteiger partial charge is 0.318 e. The normalized spacial score (nSPS) is 21.3. The van der Waals surface area contributed by atoms with Gasteiger partial charge in [0.15, 0.2) is 5.65 Å². The van der Waals surface area contributed by atoms with Gasteiger partial charge in [-0.2, -0.15) is 9.97 Å². The molecule has 2 bridgehead atoms. The monoisotopic (exact) mass is 489 g/mol. The van der Waals surface area contributed by atoms with Crippen molar-refractivity contribution < 1.29 is 13.5 Å². The summed E-state index contributed by atoms with van der Waals surface area (Å²) in [5.74, 6) is 0.923. The molecule has 3 aliphatic rings. The first-order valence-corrected chi connectivity index (χ1v) is 12.6. The van der Waals surface area contributed by atoms with E-state index in [0.717, 1.165) is 25.2 Å². The molecule has 0 spiro atoms. The van der Waals surface area contributed by atoms with Crippen LogP contribution in [-0.2, 0) is 6.54 Å². The van der Waals surface area contributed by atoms with Gasteiger partial charge >= 0.3 is 6.01 Å². The van der Waals surface area contributed by atoms with Gasteiger partial charge in [0.05, 0.1) is 18.8 Å². The van der Waals surface area contributed by atoms with Gasteiger partial charge in [0.1, 0.15) is 23.0 Å². The van der Waals surface area contributed by atoms with Crippen molar-refractivity contribution in [1.82, 2.24) is 24.4 Å². The van der Waals surface area contributed by atoms with E-state index >= 15 is 4.39 Å². The average Bonchev–Trinajstić information content (AvgIpc) is 3.25. The molecule has 0 amide bonds. The molecule has 186 valence electrons. The van der Waals surface area contributed by atoms with E-state index < -0.39 is 0 Å². The SMILES string of the molecule is CCOc1nc(C)c2nc(-c3cccc(F)c3)n(Cc3ccc(C4CN5CCC4CC5)cc3F)c2n1. The molecule has 0 radical (unpaired) electrons. The number of rotatable bonds is 6. The Labute approximate surface area is 209 Å². The van der Waals surface area contributed by atoms with Gasteiger partial charge in [-0.3, -0.25) is 0 Å². The molecular formula is C28H29F2N5O. The minimum Gasteiger partial charge on any atom is -0.464 e. The largest absolute Gasteiger partial charge is 0.464 e. The van der Waals surface area contributed by atoms with Crippen LogP contribution >= 0.6 is 0 Å². The molecule has 3 fully saturated rings. The van der Waals surface area contributed by atoms with Crippen LogP contribution in [0.2, 0.25) is 0 Å². The first-order valence-electron chi connectivity index (χ1n) is 12.6.